The molecule has 1 aromatic carbocycles. The number of benzene rings is 1. The fourth-order valence-electron chi connectivity index (χ4n) is 3.89. The lowest BCUT2D eigenvalue weighted by Gasteiger charge is -2.55. The molecule has 0 amide bonds. The van der Waals surface area contributed by atoms with Gasteiger partial charge in [-0.1, -0.05) is 36.4 Å². The lowest BCUT2D eigenvalue weighted by atomic mass is 9.74. The fourth-order valence-corrected chi connectivity index (χ4v) is 3.89. The summed E-state index contributed by atoms with van der Waals surface area (Å²) >= 11 is 0. The van der Waals surface area contributed by atoms with Gasteiger partial charge >= 0.3 is 0 Å². The van der Waals surface area contributed by atoms with Crippen molar-refractivity contribution >= 4 is 6.08 Å². The van der Waals surface area contributed by atoms with Crippen LogP contribution in [0, 0.1) is 0 Å². The smallest absolute Gasteiger partial charge is 0.115 e. The summed E-state index contributed by atoms with van der Waals surface area (Å²) in [6, 6.07) is 10.2. The van der Waals surface area contributed by atoms with Gasteiger partial charge in [0.2, 0.25) is 0 Å². The first-order chi connectivity index (χ1) is 11.3. The number of nitrogens with one attached hydrogen (secondary N) is 1. The van der Waals surface area contributed by atoms with Gasteiger partial charge in [-0.3, -0.25) is 4.90 Å². The van der Waals surface area contributed by atoms with Gasteiger partial charge in [-0.2, -0.15) is 0 Å². The number of nitrogens with zero attached hydrogens (tertiary/aromatic N) is 3. The zero-order valence-corrected chi connectivity index (χ0v) is 13.4. The Morgan fingerprint density at radius 2 is 1.83 bits per heavy atom. The minimum Gasteiger partial charge on any atom is -0.307 e. The zero-order chi connectivity index (χ0) is 15.6. The second-order valence-corrected chi connectivity index (χ2v) is 6.51. The van der Waals surface area contributed by atoms with Crippen molar-refractivity contribution in [2.24, 2.45) is 0 Å². The Labute approximate surface area is 137 Å². The van der Waals surface area contributed by atoms with Gasteiger partial charge in [0.15, 0.2) is 0 Å². The molecule has 3 aliphatic rings. The summed E-state index contributed by atoms with van der Waals surface area (Å²) in [4.78, 5) is 10.7. The van der Waals surface area contributed by atoms with Crippen LogP contribution in [0.15, 0.2) is 49.1 Å². The van der Waals surface area contributed by atoms with Gasteiger partial charge in [-0.25, -0.2) is 9.97 Å². The van der Waals surface area contributed by atoms with Crippen LogP contribution in [0.4, 0.5) is 0 Å². The zero-order valence-electron chi connectivity index (χ0n) is 13.4. The summed E-state index contributed by atoms with van der Waals surface area (Å²) in [5.74, 6) is 0.651. The van der Waals surface area contributed by atoms with Crippen LogP contribution < -0.4 is 5.32 Å². The second-order valence-electron chi connectivity index (χ2n) is 6.51. The molecule has 5 rings (SSSR count). The maximum Gasteiger partial charge on any atom is 0.115 e. The Balaban J connectivity index is 1.41. The molecule has 3 aliphatic heterocycles. The summed E-state index contributed by atoms with van der Waals surface area (Å²) in [5, 5.41) is 3.70. The van der Waals surface area contributed by atoms with Crippen LogP contribution in [0.3, 0.4) is 0 Å². The third kappa shape index (κ3) is 2.92. The predicted molar refractivity (Wildman–Crippen MR) is 91.9 cm³/mol. The standard InChI is InChI=1S/C19H22N4/c1-2-3-14-4-6-16(7-5-14)19-17-11-23(12-18(19)22-17)10-15-8-20-13-21-9-15/h2-9,13,17-19,22H,10-12H2,1H3/t17-,18+,19?. The molecule has 2 aromatic rings. The quantitative estimate of drug-likeness (QED) is 0.942. The molecule has 0 spiro atoms. The van der Waals surface area contributed by atoms with Gasteiger partial charge in [-0.05, 0) is 18.1 Å². The minimum atomic E-state index is 0.561. The van der Waals surface area contributed by atoms with E-state index < -0.39 is 0 Å². The first-order valence-corrected chi connectivity index (χ1v) is 8.28. The molecule has 3 saturated heterocycles. The van der Waals surface area contributed by atoms with E-state index in [4.69, 9.17) is 0 Å². The Morgan fingerprint density at radius 1 is 1.13 bits per heavy atom. The molecular weight excluding hydrogens is 284 g/mol. The molecule has 0 saturated carbocycles. The van der Waals surface area contributed by atoms with E-state index in [0.29, 0.717) is 18.0 Å². The molecule has 4 nitrogen and oxygen atoms in total. The molecule has 23 heavy (non-hydrogen) atoms. The molecule has 3 atom stereocenters. The van der Waals surface area contributed by atoms with Gasteiger partial charge in [0.05, 0.1) is 0 Å². The average molecular weight is 306 g/mol. The first-order valence-electron chi connectivity index (χ1n) is 8.28. The van der Waals surface area contributed by atoms with E-state index in [1.165, 1.54) is 16.7 Å². The molecule has 0 aliphatic carbocycles. The normalized spacial score (nSPS) is 27.1. The lowest BCUT2D eigenvalue weighted by Crippen LogP contribution is -2.71. The number of rotatable bonds is 4. The third-order valence-corrected chi connectivity index (χ3v) is 4.91. The Hall–Kier alpha value is -2.04. The van der Waals surface area contributed by atoms with Crippen LogP contribution in [0.1, 0.15) is 29.5 Å². The lowest BCUT2D eigenvalue weighted by molar-refractivity contribution is 0.0469. The number of piperidine rings is 1. The summed E-state index contributed by atoms with van der Waals surface area (Å²) in [6.07, 6.45) is 9.65. The van der Waals surface area contributed by atoms with E-state index in [-0.39, 0.29) is 0 Å². The number of allylic oxidation sites excluding steroid dienone is 1. The monoisotopic (exact) mass is 306 g/mol. The Bertz CT molecular complexity index is 668. The topological polar surface area (TPSA) is 41.1 Å². The van der Waals surface area contributed by atoms with E-state index in [9.17, 15) is 0 Å². The minimum absolute atomic E-state index is 0.561. The SMILES string of the molecule is CC=Cc1ccc(C2[C@@H]3CN(Cc4cncnc4)C[C@H]2N3)cc1. The first kappa shape index (κ1) is 14.5. The molecular formula is C19H22N4. The third-order valence-electron chi connectivity index (χ3n) is 4.91. The van der Waals surface area contributed by atoms with E-state index in [1.807, 2.05) is 12.4 Å². The van der Waals surface area contributed by atoms with Crippen molar-refractivity contribution in [3.63, 3.8) is 0 Å². The highest BCUT2D eigenvalue weighted by atomic mass is 15.3. The van der Waals surface area contributed by atoms with Gasteiger partial charge in [0.25, 0.3) is 0 Å². The second kappa shape index (κ2) is 6.22. The molecule has 3 fully saturated rings. The highest BCUT2D eigenvalue weighted by Crippen LogP contribution is 2.37. The highest BCUT2D eigenvalue weighted by Gasteiger charge is 2.46. The fraction of sp³-hybridized carbons (Fsp3) is 0.368. The molecule has 0 radical (unpaired) electrons. The molecule has 2 bridgehead atoms. The molecule has 1 N–H and O–H groups in total. The van der Waals surface area contributed by atoms with Crippen LogP contribution in [-0.2, 0) is 6.54 Å². The van der Waals surface area contributed by atoms with Gasteiger partial charge in [-0.15, -0.1) is 0 Å². The van der Waals surface area contributed by atoms with E-state index in [1.54, 1.807) is 6.33 Å². The number of hydrogen-bond donors (Lipinski definition) is 1. The molecule has 118 valence electrons. The van der Waals surface area contributed by atoms with E-state index in [0.717, 1.165) is 19.6 Å². The molecule has 1 unspecified atom stereocenters. The number of hydrogen-bond acceptors (Lipinski definition) is 4. The predicted octanol–water partition coefficient (Wildman–Crippen LogP) is 2.45. The maximum atomic E-state index is 4.11. The maximum absolute atomic E-state index is 4.11. The average Bonchev–Trinajstić information content (AvgIpc) is 2.58. The van der Waals surface area contributed by atoms with Crippen LogP contribution in [0.25, 0.3) is 6.08 Å². The summed E-state index contributed by atoms with van der Waals surface area (Å²) < 4.78 is 0. The highest BCUT2D eigenvalue weighted by molar-refractivity contribution is 5.50. The van der Waals surface area contributed by atoms with Gasteiger partial charge in [0, 0.05) is 55.6 Å². The van der Waals surface area contributed by atoms with Crippen LogP contribution >= 0.6 is 0 Å². The summed E-state index contributed by atoms with van der Waals surface area (Å²) in [7, 11) is 0. The van der Waals surface area contributed by atoms with Crippen molar-refractivity contribution in [3.05, 3.63) is 65.8 Å². The van der Waals surface area contributed by atoms with Gasteiger partial charge < -0.3 is 5.32 Å². The van der Waals surface area contributed by atoms with Crippen LogP contribution in [0.5, 0.6) is 0 Å². The Morgan fingerprint density at radius 3 is 2.48 bits per heavy atom. The van der Waals surface area contributed by atoms with Crippen LogP contribution in [-0.4, -0.2) is 40.0 Å². The van der Waals surface area contributed by atoms with Crippen molar-refractivity contribution < 1.29 is 0 Å². The summed E-state index contributed by atoms with van der Waals surface area (Å²) in [6.45, 7) is 5.18. The van der Waals surface area contributed by atoms with Crippen molar-refractivity contribution in [2.45, 2.75) is 31.5 Å². The molecule has 1 aromatic heterocycles. The van der Waals surface area contributed by atoms with E-state index >= 15 is 0 Å². The number of fused-ring (bicyclic) bond motifs is 2. The van der Waals surface area contributed by atoms with Crippen molar-refractivity contribution in [3.8, 4) is 0 Å². The van der Waals surface area contributed by atoms with E-state index in [2.05, 4.69) is 63.5 Å². The number of aromatic nitrogens is 2. The Kier molecular flexibility index (Phi) is 3.93. The van der Waals surface area contributed by atoms with Gasteiger partial charge in [0.1, 0.15) is 6.33 Å². The molecule has 4 heterocycles. The number of piperazine rings is 1. The largest absolute Gasteiger partial charge is 0.307 e. The van der Waals surface area contributed by atoms with Crippen molar-refractivity contribution in [2.75, 3.05) is 13.1 Å². The van der Waals surface area contributed by atoms with Crippen LogP contribution in [0.2, 0.25) is 0 Å². The molecule has 4 heteroatoms. The summed E-state index contributed by atoms with van der Waals surface area (Å²) in [5.41, 5.74) is 3.94. The van der Waals surface area contributed by atoms with Crippen molar-refractivity contribution in [1.29, 1.82) is 0 Å². The van der Waals surface area contributed by atoms with Crippen molar-refractivity contribution in [1.82, 2.24) is 20.2 Å².